The number of anilines is 2. The van der Waals surface area contributed by atoms with E-state index in [1.54, 1.807) is 79.7 Å². The first kappa shape index (κ1) is 26.6. The summed E-state index contributed by atoms with van der Waals surface area (Å²) in [7, 11) is 1.50. The summed E-state index contributed by atoms with van der Waals surface area (Å²) in [5, 5.41) is 6.94. The highest BCUT2D eigenvalue weighted by Crippen LogP contribution is 2.32. The van der Waals surface area contributed by atoms with Gasteiger partial charge < -0.3 is 19.9 Å². The number of carbonyl (C=O) groups excluding carboxylic acids is 3. The fraction of sp³-hybridized carbons (Fsp3) is 0.172. The Kier molecular flexibility index (Phi) is 7.93. The summed E-state index contributed by atoms with van der Waals surface area (Å²) in [6.07, 6.45) is -0.906. The van der Waals surface area contributed by atoms with Crippen LogP contribution in [-0.2, 0) is 21.4 Å². The van der Waals surface area contributed by atoms with Gasteiger partial charge in [-0.3, -0.25) is 14.4 Å². The Hall–Kier alpha value is -4.43. The van der Waals surface area contributed by atoms with Crippen LogP contribution in [0.4, 0.5) is 11.4 Å². The van der Waals surface area contributed by atoms with Crippen LogP contribution in [-0.4, -0.2) is 28.5 Å². The molecule has 1 unspecified atom stereocenters. The lowest BCUT2D eigenvalue weighted by atomic mass is 9.96. The maximum absolute atomic E-state index is 13.6. The van der Waals surface area contributed by atoms with Crippen LogP contribution in [0.1, 0.15) is 30.8 Å². The van der Waals surface area contributed by atoms with Crippen LogP contribution in [0.2, 0.25) is 5.02 Å². The second kappa shape index (κ2) is 11.3. The number of hydrogen-bond donors (Lipinski definition) is 2. The number of rotatable bonds is 7. The van der Waals surface area contributed by atoms with Crippen molar-refractivity contribution in [3.8, 4) is 11.1 Å². The molecule has 2 amide bonds. The quantitative estimate of drug-likeness (QED) is 0.311. The van der Waals surface area contributed by atoms with Crippen LogP contribution in [0.25, 0.3) is 21.9 Å². The lowest BCUT2D eigenvalue weighted by molar-refractivity contribution is -0.124. The van der Waals surface area contributed by atoms with Gasteiger partial charge in [-0.15, -0.1) is 0 Å². The second-order valence-electron chi connectivity index (χ2n) is 8.69. The zero-order valence-corrected chi connectivity index (χ0v) is 21.8. The van der Waals surface area contributed by atoms with E-state index in [0.29, 0.717) is 38.3 Å². The predicted molar refractivity (Wildman–Crippen MR) is 149 cm³/mol. The van der Waals surface area contributed by atoms with Gasteiger partial charge >= 0.3 is 5.97 Å². The minimum atomic E-state index is -1.11. The highest BCUT2D eigenvalue weighted by Gasteiger charge is 2.28. The highest BCUT2D eigenvalue weighted by atomic mass is 35.5. The normalized spacial score (nSPS) is 11.6. The number of nitrogens with zero attached hydrogens (tertiary/aromatic N) is 1. The number of carbonyl (C=O) groups is 3. The summed E-state index contributed by atoms with van der Waals surface area (Å²) in [5.74, 6) is -1.53. The standard InChI is InChI=1S/C29H26ClN3O5/c1-4-24(27(35)32-21-15-13-20(14-16-21)31-17(2)34)38-29(37)26-25(18-9-11-19(30)12-10-18)22-7-5-6-8-23(22)28(36)33(26)3/h5-16,24H,4H2,1-3H3,(H,31,34)(H,32,35). The zero-order valence-electron chi connectivity index (χ0n) is 21.1. The Balaban J connectivity index is 1.67. The van der Waals surface area contributed by atoms with Crippen molar-refractivity contribution in [3.63, 3.8) is 0 Å². The summed E-state index contributed by atoms with van der Waals surface area (Å²) < 4.78 is 6.92. The van der Waals surface area contributed by atoms with Crippen LogP contribution in [0.15, 0.2) is 77.6 Å². The van der Waals surface area contributed by atoms with Gasteiger partial charge in [0, 0.05) is 41.3 Å². The molecule has 194 valence electrons. The first-order valence-electron chi connectivity index (χ1n) is 12.0. The third-order valence-electron chi connectivity index (χ3n) is 6.02. The van der Waals surface area contributed by atoms with Gasteiger partial charge in [0.15, 0.2) is 6.10 Å². The van der Waals surface area contributed by atoms with E-state index >= 15 is 0 Å². The number of hydrogen-bond acceptors (Lipinski definition) is 5. The SMILES string of the molecule is CCC(OC(=O)c1c(-c2ccc(Cl)cc2)c2ccccc2c(=O)n1C)C(=O)Nc1ccc(NC(C)=O)cc1. The van der Waals surface area contributed by atoms with Crippen molar-refractivity contribution in [1.82, 2.24) is 4.57 Å². The second-order valence-corrected chi connectivity index (χ2v) is 9.13. The van der Waals surface area contributed by atoms with E-state index in [2.05, 4.69) is 10.6 Å². The van der Waals surface area contributed by atoms with E-state index in [0.717, 1.165) is 0 Å². The van der Waals surface area contributed by atoms with Gasteiger partial charge in [-0.2, -0.15) is 0 Å². The van der Waals surface area contributed by atoms with E-state index in [9.17, 15) is 19.2 Å². The molecule has 4 aromatic rings. The molecule has 0 saturated carbocycles. The number of benzene rings is 3. The molecule has 1 heterocycles. The van der Waals surface area contributed by atoms with Crippen molar-refractivity contribution in [2.75, 3.05) is 10.6 Å². The largest absolute Gasteiger partial charge is 0.448 e. The van der Waals surface area contributed by atoms with E-state index < -0.39 is 18.0 Å². The number of pyridine rings is 1. The van der Waals surface area contributed by atoms with Crippen LogP contribution < -0.4 is 16.2 Å². The number of nitrogens with one attached hydrogen (secondary N) is 2. The number of aromatic nitrogens is 1. The van der Waals surface area contributed by atoms with Gasteiger partial charge in [0.2, 0.25) is 5.91 Å². The molecule has 2 N–H and O–H groups in total. The van der Waals surface area contributed by atoms with Crippen molar-refractivity contribution in [1.29, 1.82) is 0 Å². The molecule has 38 heavy (non-hydrogen) atoms. The molecule has 8 nitrogen and oxygen atoms in total. The molecule has 0 saturated heterocycles. The Morgan fingerprint density at radius 2 is 1.47 bits per heavy atom. The Labute approximate surface area is 224 Å². The van der Waals surface area contributed by atoms with Crippen molar-refractivity contribution >= 4 is 51.5 Å². The van der Waals surface area contributed by atoms with Gasteiger partial charge in [-0.05, 0) is 59.8 Å². The summed E-state index contributed by atoms with van der Waals surface area (Å²) >= 11 is 6.09. The summed E-state index contributed by atoms with van der Waals surface area (Å²) in [5.41, 5.74) is 1.90. The molecule has 1 aromatic heterocycles. The first-order valence-corrected chi connectivity index (χ1v) is 12.3. The maximum Gasteiger partial charge on any atom is 0.356 e. The predicted octanol–water partition coefficient (Wildman–Crippen LogP) is 5.39. The van der Waals surface area contributed by atoms with E-state index in [-0.39, 0.29) is 23.6 Å². The number of fused-ring (bicyclic) bond motifs is 1. The smallest absolute Gasteiger partial charge is 0.356 e. The molecule has 0 fully saturated rings. The van der Waals surface area contributed by atoms with E-state index in [1.165, 1.54) is 18.5 Å². The molecule has 3 aromatic carbocycles. The van der Waals surface area contributed by atoms with Gasteiger partial charge in [0.25, 0.3) is 11.5 Å². The monoisotopic (exact) mass is 531 g/mol. The molecule has 0 bridgehead atoms. The van der Waals surface area contributed by atoms with Gasteiger partial charge in [0.1, 0.15) is 5.69 Å². The van der Waals surface area contributed by atoms with Gasteiger partial charge in [-0.1, -0.05) is 48.9 Å². The molecular formula is C29H26ClN3O5. The molecular weight excluding hydrogens is 506 g/mol. The molecule has 0 aliphatic carbocycles. The van der Waals surface area contributed by atoms with Crippen molar-refractivity contribution in [2.45, 2.75) is 26.4 Å². The Morgan fingerprint density at radius 1 is 0.895 bits per heavy atom. The summed E-state index contributed by atoms with van der Waals surface area (Å²) in [6, 6.07) is 20.5. The zero-order chi connectivity index (χ0) is 27.4. The van der Waals surface area contributed by atoms with Crippen LogP contribution in [0, 0.1) is 0 Å². The lowest BCUT2D eigenvalue weighted by Gasteiger charge is -2.20. The molecule has 1 atom stereocenters. The Morgan fingerprint density at radius 3 is 2.05 bits per heavy atom. The topological polar surface area (TPSA) is 106 Å². The molecule has 9 heteroatoms. The summed E-state index contributed by atoms with van der Waals surface area (Å²) in [4.78, 5) is 50.9. The molecule has 0 spiro atoms. The fourth-order valence-corrected chi connectivity index (χ4v) is 4.31. The number of amides is 2. The van der Waals surface area contributed by atoms with Crippen LogP contribution in [0.3, 0.4) is 0 Å². The molecule has 0 aliphatic heterocycles. The fourth-order valence-electron chi connectivity index (χ4n) is 4.18. The average molecular weight is 532 g/mol. The highest BCUT2D eigenvalue weighted by molar-refractivity contribution is 6.30. The molecule has 0 radical (unpaired) electrons. The van der Waals surface area contributed by atoms with E-state index in [1.807, 2.05) is 0 Å². The average Bonchev–Trinajstić information content (AvgIpc) is 2.90. The third-order valence-corrected chi connectivity index (χ3v) is 6.27. The van der Waals surface area contributed by atoms with Crippen molar-refractivity contribution < 1.29 is 19.1 Å². The minimum absolute atomic E-state index is 0.0296. The summed E-state index contributed by atoms with van der Waals surface area (Å²) in [6.45, 7) is 3.12. The number of halogens is 1. The van der Waals surface area contributed by atoms with Gasteiger partial charge in [0.05, 0.1) is 0 Å². The maximum atomic E-state index is 13.6. The molecule has 0 aliphatic rings. The van der Waals surface area contributed by atoms with Crippen LogP contribution in [0.5, 0.6) is 0 Å². The number of esters is 1. The Bertz CT molecular complexity index is 1580. The molecule has 4 rings (SSSR count). The lowest BCUT2D eigenvalue weighted by Crippen LogP contribution is -2.34. The number of ether oxygens (including phenoxy) is 1. The van der Waals surface area contributed by atoms with Crippen LogP contribution >= 0.6 is 11.6 Å². The minimum Gasteiger partial charge on any atom is -0.448 e. The first-order chi connectivity index (χ1) is 18.2. The van der Waals surface area contributed by atoms with Crippen molar-refractivity contribution in [2.24, 2.45) is 7.05 Å². The third kappa shape index (κ3) is 5.60. The van der Waals surface area contributed by atoms with Gasteiger partial charge in [-0.25, -0.2) is 4.79 Å². The van der Waals surface area contributed by atoms with Crippen molar-refractivity contribution in [3.05, 3.63) is 93.9 Å². The van der Waals surface area contributed by atoms with E-state index in [4.69, 9.17) is 16.3 Å².